The summed E-state index contributed by atoms with van der Waals surface area (Å²) in [6.45, 7) is 3.44. The van der Waals surface area contributed by atoms with Crippen LogP contribution in [0.3, 0.4) is 0 Å². The predicted molar refractivity (Wildman–Crippen MR) is 108 cm³/mol. The Labute approximate surface area is 165 Å². The Morgan fingerprint density at radius 1 is 1.00 bits per heavy atom. The molecule has 1 N–H and O–H groups in total. The Hall–Kier alpha value is -2.69. The number of hydrogen-bond acceptors (Lipinski definition) is 2. The minimum Gasteiger partial charge on any atom is -0.349 e. The molecule has 1 heterocycles. The van der Waals surface area contributed by atoms with Gasteiger partial charge < -0.3 is 10.2 Å². The van der Waals surface area contributed by atoms with Gasteiger partial charge in [-0.1, -0.05) is 31.2 Å². The lowest BCUT2D eigenvalue weighted by Gasteiger charge is -2.32. The molecule has 1 aliphatic rings. The van der Waals surface area contributed by atoms with E-state index in [0.29, 0.717) is 25.1 Å². The Balaban J connectivity index is 1.42. The normalized spacial score (nSPS) is 14.7. The highest BCUT2D eigenvalue weighted by molar-refractivity contribution is 5.94. The van der Waals surface area contributed by atoms with Crippen LogP contribution in [-0.2, 0) is 17.6 Å². The number of carbonyl (C=O) groups excluding carboxylic acids is 2. The molecule has 3 rings (SSSR count). The zero-order chi connectivity index (χ0) is 19.9. The molecule has 0 bridgehead atoms. The largest absolute Gasteiger partial charge is 0.349 e. The molecule has 1 saturated heterocycles. The van der Waals surface area contributed by atoms with E-state index in [1.54, 1.807) is 0 Å². The molecule has 0 unspecified atom stereocenters. The maximum absolute atomic E-state index is 13.0. The number of hydrogen-bond donors (Lipinski definition) is 1. The van der Waals surface area contributed by atoms with Gasteiger partial charge in [0.25, 0.3) is 5.91 Å². The Kier molecular flexibility index (Phi) is 6.80. The number of benzene rings is 2. The van der Waals surface area contributed by atoms with Gasteiger partial charge in [-0.2, -0.15) is 0 Å². The molecule has 5 heteroatoms. The summed E-state index contributed by atoms with van der Waals surface area (Å²) in [7, 11) is 0. The van der Waals surface area contributed by atoms with Crippen LogP contribution in [-0.4, -0.2) is 35.8 Å². The summed E-state index contributed by atoms with van der Waals surface area (Å²) in [5.74, 6) is -0.382. The highest BCUT2D eigenvalue weighted by Crippen LogP contribution is 2.14. The number of piperidine rings is 1. The van der Waals surface area contributed by atoms with Crippen molar-refractivity contribution in [2.45, 2.75) is 45.1 Å². The van der Waals surface area contributed by atoms with Crippen molar-refractivity contribution in [1.29, 1.82) is 0 Å². The molecule has 28 heavy (non-hydrogen) atoms. The van der Waals surface area contributed by atoms with Crippen molar-refractivity contribution < 1.29 is 14.0 Å². The van der Waals surface area contributed by atoms with Crippen LogP contribution in [0.1, 0.15) is 47.7 Å². The van der Waals surface area contributed by atoms with Gasteiger partial charge in [0.05, 0.1) is 0 Å². The van der Waals surface area contributed by atoms with Crippen LogP contribution in [0.5, 0.6) is 0 Å². The van der Waals surface area contributed by atoms with Crippen molar-refractivity contribution in [2.75, 3.05) is 13.1 Å². The summed E-state index contributed by atoms with van der Waals surface area (Å²) in [6, 6.07) is 14.0. The molecular weight excluding hydrogens is 355 g/mol. The van der Waals surface area contributed by atoms with Gasteiger partial charge in [-0.15, -0.1) is 0 Å². The van der Waals surface area contributed by atoms with Gasteiger partial charge in [-0.05, 0) is 61.1 Å². The van der Waals surface area contributed by atoms with Gasteiger partial charge in [0.15, 0.2) is 0 Å². The first-order chi connectivity index (χ1) is 13.5. The predicted octanol–water partition coefficient (Wildman–Crippen LogP) is 3.74. The van der Waals surface area contributed by atoms with Crippen molar-refractivity contribution in [3.05, 3.63) is 71.0 Å². The molecule has 2 amide bonds. The second-order valence-corrected chi connectivity index (χ2v) is 7.31. The SMILES string of the molecule is CCc1ccc(CCC(=O)N2CCC(NC(=O)c3ccc(F)cc3)CC2)cc1. The molecule has 0 atom stereocenters. The third kappa shape index (κ3) is 5.41. The number of amides is 2. The van der Waals surface area contributed by atoms with Gasteiger partial charge in [-0.3, -0.25) is 9.59 Å². The van der Waals surface area contributed by atoms with Gasteiger partial charge in [0.1, 0.15) is 5.82 Å². The Morgan fingerprint density at radius 2 is 1.61 bits per heavy atom. The maximum atomic E-state index is 13.0. The lowest BCUT2D eigenvalue weighted by atomic mass is 10.0. The lowest BCUT2D eigenvalue weighted by molar-refractivity contribution is -0.132. The van der Waals surface area contributed by atoms with Crippen LogP contribution in [0.15, 0.2) is 48.5 Å². The number of nitrogens with one attached hydrogen (secondary N) is 1. The highest BCUT2D eigenvalue weighted by Gasteiger charge is 2.24. The Bertz CT molecular complexity index is 794. The molecule has 2 aromatic rings. The van der Waals surface area contributed by atoms with Gasteiger partial charge in [0, 0.05) is 31.1 Å². The molecule has 2 aromatic carbocycles. The second-order valence-electron chi connectivity index (χ2n) is 7.31. The Morgan fingerprint density at radius 3 is 2.21 bits per heavy atom. The first kappa shape index (κ1) is 20.1. The van der Waals surface area contributed by atoms with E-state index < -0.39 is 0 Å². The van der Waals surface area contributed by atoms with E-state index in [1.807, 2.05) is 4.90 Å². The molecule has 0 aliphatic carbocycles. The minimum absolute atomic E-state index is 0.0446. The molecule has 1 fully saturated rings. The summed E-state index contributed by atoms with van der Waals surface area (Å²) in [5, 5.41) is 2.98. The van der Waals surface area contributed by atoms with E-state index in [2.05, 4.69) is 36.5 Å². The monoisotopic (exact) mass is 382 g/mol. The number of nitrogens with zero attached hydrogens (tertiary/aromatic N) is 1. The number of carbonyl (C=O) groups is 2. The first-order valence-electron chi connectivity index (χ1n) is 9.97. The molecule has 148 valence electrons. The van der Waals surface area contributed by atoms with E-state index in [0.717, 1.165) is 25.7 Å². The molecule has 4 nitrogen and oxygen atoms in total. The van der Waals surface area contributed by atoms with E-state index in [1.165, 1.54) is 35.4 Å². The fraction of sp³-hybridized carbons (Fsp3) is 0.391. The van der Waals surface area contributed by atoms with E-state index in [9.17, 15) is 14.0 Å². The lowest BCUT2D eigenvalue weighted by Crippen LogP contribution is -2.46. The van der Waals surface area contributed by atoms with Crippen molar-refractivity contribution >= 4 is 11.8 Å². The van der Waals surface area contributed by atoms with E-state index in [-0.39, 0.29) is 23.7 Å². The zero-order valence-corrected chi connectivity index (χ0v) is 16.3. The molecular formula is C23H27FN2O2. The third-order valence-corrected chi connectivity index (χ3v) is 5.35. The van der Waals surface area contributed by atoms with Crippen molar-refractivity contribution in [2.24, 2.45) is 0 Å². The van der Waals surface area contributed by atoms with Crippen molar-refractivity contribution in [3.8, 4) is 0 Å². The summed E-state index contributed by atoms with van der Waals surface area (Å²) in [6.07, 6.45) is 3.77. The van der Waals surface area contributed by atoms with E-state index >= 15 is 0 Å². The molecule has 0 radical (unpaired) electrons. The van der Waals surface area contributed by atoms with Crippen molar-refractivity contribution in [1.82, 2.24) is 10.2 Å². The summed E-state index contributed by atoms with van der Waals surface area (Å²) in [4.78, 5) is 26.6. The first-order valence-corrected chi connectivity index (χ1v) is 9.97. The number of aryl methyl sites for hydroxylation is 2. The second kappa shape index (κ2) is 9.49. The minimum atomic E-state index is -0.357. The van der Waals surface area contributed by atoms with Crippen LogP contribution in [0.25, 0.3) is 0 Å². The number of rotatable bonds is 6. The van der Waals surface area contributed by atoms with Crippen LogP contribution in [0.4, 0.5) is 4.39 Å². The van der Waals surface area contributed by atoms with Gasteiger partial charge >= 0.3 is 0 Å². The quantitative estimate of drug-likeness (QED) is 0.827. The standard InChI is InChI=1S/C23H27FN2O2/c1-2-17-3-5-18(6-4-17)7-12-22(27)26-15-13-21(14-16-26)25-23(28)19-8-10-20(24)11-9-19/h3-6,8-11,21H,2,7,12-16H2,1H3,(H,25,28). The van der Waals surface area contributed by atoms with Gasteiger partial charge in [-0.25, -0.2) is 4.39 Å². The van der Waals surface area contributed by atoms with E-state index in [4.69, 9.17) is 0 Å². The fourth-order valence-electron chi connectivity index (χ4n) is 3.49. The fourth-order valence-corrected chi connectivity index (χ4v) is 3.49. The molecule has 0 aromatic heterocycles. The molecule has 0 saturated carbocycles. The molecule has 0 spiro atoms. The smallest absolute Gasteiger partial charge is 0.251 e. The summed E-state index contributed by atoms with van der Waals surface area (Å²) < 4.78 is 13.0. The molecule has 1 aliphatic heterocycles. The maximum Gasteiger partial charge on any atom is 0.251 e. The zero-order valence-electron chi connectivity index (χ0n) is 16.3. The average molecular weight is 382 g/mol. The van der Waals surface area contributed by atoms with Gasteiger partial charge in [0.2, 0.25) is 5.91 Å². The third-order valence-electron chi connectivity index (χ3n) is 5.35. The van der Waals surface area contributed by atoms with Crippen LogP contribution in [0, 0.1) is 5.82 Å². The summed E-state index contributed by atoms with van der Waals surface area (Å²) in [5.41, 5.74) is 2.95. The van der Waals surface area contributed by atoms with Crippen LogP contribution >= 0.6 is 0 Å². The van der Waals surface area contributed by atoms with Crippen LogP contribution in [0.2, 0.25) is 0 Å². The topological polar surface area (TPSA) is 49.4 Å². The van der Waals surface area contributed by atoms with Crippen LogP contribution < -0.4 is 5.32 Å². The summed E-state index contributed by atoms with van der Waals surface area (Å²) >= 11 is 0. The number of halogens is 1. The average Bonchev–Trinajstić information content (AvgIpc) is 2.73. The highest BCUT2D eigenvalue weighted by atomic mass is 19.1. The van der Waals surface area contributed by atoms with Crippen molar-refractivity contribution in [3.63, 3.8) is 0 Å². The number of likely N-dealkylation sites (tertiary alicyclic amines) is 1.